The molecule has 0 bridgehead atoms. The van der Waals surface area contributed by atoms with Crippen molar-refractivity contribution in [3.63, 3.8) is 0 Å². The molecule has 0 aliphatic rings. The van der Waals surface area contributed by atoms with Crippen LogP contribution in [0, 0.1) is 5.41 Å². The van der Waals surface area contributed by atoms with Crippen molar-refractivity contribution in [2.45, 2.75) is 33.1 Å². The average molecular weight is 283 g/mol. The van der Waals surface area contributed by atoms with Gasteiger partial charge in [-0.05, 0) is 32.3 Å². The first-order valence-corrected chi connectivity index (χ1v) is 6.82. The van der Waals surface area contributed by atoms with Gasteiger partial charge in [0.25, 0.3) is 0 Å². The molecular weight excluding hydrogens is 264 g/mol. The summed E-state index contributed by atoms with van der Waals surface area (Å²) in [5.41, 5.74) is 0.771. The number of alkyl halides is 1. The summed E-state index contributed by atoms with van der Waals surface area (Å²) in [6.45, 7) is 3.38. The Labute approximate surface area is 118 Å². The van der Waals surface area contributed by atoms with Crippen LogP contribution in [-0.4, -0.2) is 22.7 Å². The number of hydrogen-bond donors (Lipinski definition) is 1. The van der Waals surface area contributed by atoms with Gasteiger partial charge in [-0.25, -0.2) is 0 Å². The number of ketones is 1. The molecule has 0 aromatic heterocycles. The topological polar surface area (TPSA) is 54.4 Å². The molecule has 0 atom stereocenters. The third kappa shape index (κ3) is 4.67. The molecule has 4 heteroatoms. The number of hydrogen-bond acceptors (Lipinski definition) is 2. The van der Waals surface area contributed by atoms with Crippen LogP contribution in [0.2, 0.25) is 0 Å². The molecule has 3 nitrogen and oxygen atoms in total. The predicted molar refractivity (Wildman–Crippen MR) is 75.8 cm³/mol. The Morgan fingerprint density at radius 1 is 1.21 bits per heavy atom. The Morgan fingerprint density at radius 3 is 2.26 bits per heavy atom. The largest absolute Gasteiger partial charge is 0.481 e. The number of carbonyl (C=O) groups excluding carboxylic acids is 1. The van der Waals surface area contributed by atoms with E-state index >= 15 is 0 Å². The number of benzene rings is 1. The van der Waals surface area contributed by atoms with Crippen molar-refractivity contribution in [1.82, 2.24) is 0 Å². The normalized spacial score (nSPS) is 11.3. The third-order valence-corrected chi connectivity index (χ3v) is 3.31. The number of halogens is 1. The van der Waals surface area contributed by atoms with Crippen LogP contribution < -0.4 is 0 Å². The van der Waals surface area contributed by atoms with E-state index in [0.717, 1.165) is 5.56 Å². The fraction of sp³-hybridized carbons (Fsp3) is 0.467. The molecule has 0 unspecified atom stereocenters. The zero-order chi connectivity index (χ0) is 14.5. The van der Waals surface area contributed by atoms with Gasteiger partial charge in [-0.3, -0.25) is 9.59 Å². The molecule has 0 fully saturated rings. The zero-order valence-corrected chi connectivity index (χ0v) is 12.0. The molecule has 19 heavy (non-hydrogen) atoms. The Bertz CT molecular complexity index is 449. The van der Waals surface area contributed by atoms with E-state index in [9.17, 15) is 9.59 Å². The lowest BCUT2D eigenvalue weighted by Gasteiger charge is -2.18. The van der Waals surface area contributed by atoms with Gasteiger partial charge in [0, 0.05) is 17.9 Å². The van der Waals surface area contributed by atoms with Crippen molar-refractivity contribution >= 4 is 23.4 Å². The maximum Gasteiger partial charge on any atom is 0.309 e. The molecule has 1 rings (SSSR count). The van der Waals surface area contributed by atoms with Gasteiger partial charge in [0.15, 0.2) is 5.78 Å². The summed E-state index contributed by atoms with van der Waals surface area (Å²) < 4.78 is 0. The molecule has 0 saturated heterocycles. The van der Waals surface area contributed by atoms with Gasteiger partial charge < -0.3 is 5.11 Å². The predicted octanol–water partition coefficient (Wildman–Crippen LogP) is 3.54. The van der Waals surface area contributed by atoms with Gasteiger partial charge in [-0.1, -0.05) is 24.3 Å². The quantitative estimate of drug-likeness (QED) is 0.615. The number of carbonyl (C=O) groups is 2. The first-order chi connectivity index (χ1) is 8.86. The number of rotatable bonds is 7. The van der Waals surface area contributed by atoms with Gasteiger partial charge in [0.1, 0.15) is 0 Å². The fourth-order valence-electron chi connectivity index (χ4n) is 1.77. The van der Waals surface area contributed by atoms with Gasteiger partial charge >= 0.3 is 5.97 Å². The molecule has 1 N–H and O–H groups in total. The van der Waals surface area contributed by atoms with Crippen LogP contribution in [0.25, 0.3) is 0 Å². The SMILES string of the molecule is CC(C)(Cc1ccc(C(=O)CCCCl)cc1)C(=O)O. The van der Waals surface area contributed by atoms with Crippen molar-refractivity contribution in [1.29, 1.82) is 0 Å². The van der Waals surface area contributed by atoms with Crippen LogP contribution >= 0.6 is 11.6 Å². The Balaban J connectivity index is 2.71. The number of carboxylic acid groups (broad SMARTS) is 1. The van der Waals surface area contributed by atoms with Crippen LogP contribution in [0.1, 0.15) is 42.6 Å². The Hall–Kier alpha value is -1.35. The highest BCUT2D eigenvalue weighted by molar-refractivity contribution is 6.18. The lowest BCUT2D eigenvalue weighted by atomic mass is 9.85. The lowest BCUT2D eigenvalue weighted by molar-refractivity contribution is -0.146. The van der Waals surface area contributed by atoms with Crippen molar-refractivity contribution < 1.29 is 14.7 Å². The average Bonchev–Trinajstić information content (AvgIpc) is 2.36. The van der Waals surface area contributed by atoms with E-state index in [4.69, 9.17) is 16.7 Å². The minimum Gasteiger partial charge on any atom is -0.481 e. The Morgan fingerprint density at radius 2 is 1.79 bits per heavy atom. The first kappa shape index (κ1) is 15.7. The van der Waals surface area contributed by atoms with Crippen LogP contribution in [-0.2, 0) is 11.2 Å². The molecule has 104 valence electrons. The molecule has 0 amide bonds. The molecule has 1 aromatic rings. The second-order valence-corrected chi connectivity index (χ2v) is 5.66. The summed E-state index contributed by atoms with van der Waals surface area (Å²) in [6, 6.07) is 7.14. The van der Waals surface area contributed by atoms with E-state index in [1.807, 2.05) is 12.1 Å². The summed E-state index contributed by atoms with van der Waals surface area (Å²) in [5.74, 6) is -0.268. The molecule has 0 radical (unpaired) electrons. The van der Waals surface area contributed by atoms with Crippen LogP contribution in [0.5, 0.6) is 0 Å². The Kier molecular flexibility index (Phi) is 5.55. The molecule has 0 aliphatic carbocycles. The minimum atomic E-state index is -0.824. The summed E-state index contributed by atoms with van der Waals surface area (Å²) in [4.78, 5) is 22.8. The van der Waals surface area contributed by atoms with Gasteiger partial charge in [0.2, 0.25) is 0 Å². The van der Waals surface area contributed by atoms with Crippen molar-refractivity contribution in [3.8, 4) is 0 Å². The van der Waals surface area contributed by atoms with Crippen LogP contribution in [0.3, 0.4) is 0 Å². The molecule has 1 aromatic carbocycles. The lowest BCUT2D eigenvalue weighted by Crippen LogP contribution is -2.26. The monoisotopic (exact) mass is 282 g/mol. The van der Waals surface area contributed by atoms with Crippen molar-refractivity contribution in [2.75, 3.05) is 5.88 Å². The summed E-state index contributed by atoms with van der Waals surface area (Å²) in [7, 11) is 0. The fourth-order valence-corrected chi connectivity index (χ4v) is 1.90. The van der Waals surface area contributed by atoms with E-state index in [0.29, 0.717) is 30.7 Å². The van der Waals surface area contributed by atoms with Gasteiger partial charge in [0.05, 0.1) is 5.41 Å². The van der Waals surface area contributed by atoms with Crippen molar-refractivity contribution in [2.24, 2.45) is 5.41 Å². The highest BCUT2D eigenvalue weighted by Crippen LogP contribution is 2.22. The summed E-state index contributed by atoms with van der Waals surface area (Å²) >= 11 is 5.55. The second kappa shape index (κ2) is 6.71. The molecule has 0 aliphatic heterocycles. The molecule has 0 spiro atoms. The van der Waals surface area contributed by atoms with E-state index in [1.165, 1.54) is 0 Å². The number of carboxylic acids is 1. The van der Waals surface area contributed by atoms with E-state index in [-0.39, 0.29) is 5.78 Å². The van der Waals surface area contributed by atoms with Crippen molar-refractivity contribution in [3.05, 3.63) is 35.4 Å². The summed E-state index contributed by atoms with van der Waals surface area (Å²) in [5, 5.41) is 9.08. The smallest absolute Gasteiger partial charge is 0.309 e. The maximum atomic E-state index is 11.8. The first-order valence-electron chi connectivity index (χ1n) is 6.28. The van der Waals surface area contributed by atoms with Gasteiger partial charge in [-0.15, -0.1) is 11.6 Å². The molecule has 0 heterocycles. The van der Waals surface area contributed by atoms with E-state index < -0.39 is 11.4 Å². The van der Waals surface area contributed by atoms with Crippen LogP contribution in [0.4, 0.5) is 0 Å². The highest BCUT2D eigenvalue weighted by Gasteiger charge is 2.27. The van der Waals surface area contributed by atoms with E-state index in [1.54, 1.807) is 26.0 Å². The second-order valence-electron chi connectivity index (χ2n) is 5.28. The third-order valence-electron chi connectivity index (χ3n) is 3.04. The zero-order valence-electron chi connectivity index (χ0n) is 11.3. The minimum absolute atomic E-state index is 0.0738. The number of aliphatic carboxylic acids is 1. The summed E-state index contributed by atoms with van der Waals surface area (Å²) in [6.07, 6.45) is 1.57. The van der Waals surface area contributed by atoms with E-state index in [2.05, 4.69) is 0 Å². The number of Topliss-reactive ketones (excluding diaryl/α,β-unsaturated/α-hetero) is 1. The standard InChI is InChI=1S/C15H19ClO3/c1-15(2,14(18)19)10-11-5-7-12(8-6-11)13(17)4-3-9-16/h5-8H,3-4,9-10H2,1-2H3,(H,18,19). The van der Waals surface area contributed by atoms with Crippen LogP contribution in [0.15, 0.2) is 24.3 Å². The highest BCUT2D eigenvalue weighted by atomic mass is 35.5. The molecule has 0 saturated carbocycles. The van der Waals surface area contributed by atoms with Gasteiger partial charge in [-0.2, -0.15) is 0 Å². The molecular formula is C15H19ClO3. The maximum absolute atomic E-state index is 11.8.